The summed E-state index contributed by atoms with van der Waals surface area (Å²) in [6, 6.07) is 8.89. The third-order valence-corrected chi connectivity index (χ3v) is 6.94. The number of carbonyl (C=O) groups excluding carboxylic acids is 2. The minimum atomic E-state index is -4.47. The van der Waals surface area contributed by atoms with Crippen molar-refractivity contribution in [2.75, 3.05) is 13.1 Å². The molecule has 0 unspecified atom stereocenters. The Bertz CT molecular complexity index is 1020. The molecule has 1 aromatic carbocycles. The van der Waals surface area contributed by atoms with E-state index in [0.29, 0.717) is 24.3 Å². The first-order valence-corrected chi connectivity index (χ1v) is 10.0. The van der Waals surface area contributed by atoms with E-state index in [4.69, 9.17) is 0 Å². The molecular formula is C18H15F3N2O2S2. The molecule has 1 aliphatic rings. The van der Waals surface area contributed by atoms with E-state index in [-0.39, 0.29) is 5.91 Å². The van der Waals surface area contributed by atoms with Crippen molar-refractivity contribution in [1.82, 2.24) is 10.2 Å². The van der Waals surface area contributed by atoms with Gasteiger partial charge in [0.25, 0.3) is 5.91 Å². The fourth-order valence-corrected chi connectivity index (χ4v) is 5.81. The maximum atomic E-state index is 12.9. The quantitative estimate of drug-likeness (QED) is 0.693. The molecule has 2 aromatic heterocycles. The number of nitrogens with zero attached hydrogens (tertiary/aromatic N) is 1. The van der Waals surface area contributed by atoms with Crippen LogP contribution in [0, 0.1) is 0 Å². The highest BCUT2D eigenvalue weighted by Gasteiger charge is 2.37. The van der Waals surface area contributed by atoms with Crippen LogP contribution in [0.25, 0.3) is 19.5 Å². The van der Waals surface area contributed by atoms with Gasteiger partial charge in [0.15, 0.2) is 0 Å². The second-order valence-electron chi connectivity index (χ2n) is 6.39. The molecule has 1 saturated heterocycles. The van der Waals surface area contributed by atoms with Crippen LogP contribution in [0.5, 0.6) is 0 Å². The van der Waals surface area contributed by atoms with E-state index < -0.39 is 24.7 Å². The second kappa shape index (κ2) is 6.79. The predicted molar refractivity (Wildman–Crippen MR) is 100 cm³/mol. The van der Waals surface area contributed by atoms with Crippen molar-refractivity contribution in [1.29, 1.82) is 0 Å². The van der Waals surface area contributed by atoms with Gasteiger partial charge in [0, 0.05) is 21.3 Å². The lowest BCUT2D eigenvalue weighted by atomic mass is 10.2. The molecule has 4 nitrogen and oxygen atoms in total. The minimum Gasteiger partial charge on any atom is -0.345 e. The molecule has 4 rings (SSSR count). The number of rotatable bonds is 3. The van der Waals surface area contributed by atoms with Gasteiger partial charge < -0.3 is 10.2 Å². The van der Waals surface area contributed by atoms with Crippen molar-refractivity contribution < 1.29 is 22.8 Å². The number of amides is 2. The molecular weight excluding hydrogens is 397 g/mol. The zero-order valence-corrected chi connectivity index (χ0v) is 15.6. The number of likely N-dealkylation sites (tertiary alicyclic amines) is 1. The summed E-state index contributed by atoms with van der Waals surface area (Å²) in [4.78, 5) is 26.9. The molecule has 1 N–H and O–H groups in total. The smallest absolute Gasteiger partial charge is 0.345 e. The average molecular weight is 412 g/mol. The predicted octanol–water partition coefficient (Wildman–Crippen LogP) is 4.40. The topological polar surface area (TPSA) is 49.4 Å². The molecule has 142 valence electrons. The number of hydrogen-bond acceptors (Lipinski definition) is 4. The number of nitrogens with one attached hydrogen (secondary N) is 1. The third kappa shape index (κ3) is 3.53. The van der Waals surface area contributed by atoms with Crippen molar-refractivity contribution in [3.8, 4) is 0 Å². The van der Waals surface area contributed by atoms with E-state index in [1.807, 2.05) is 35.6 Å². The first-order chi connectivity index (χ1) is 12.8. The first-order valence-electron chi connectivity index (χ1n) is 8.40. The highest BCUT2D eigenvalue weighted by Crippen LogP contribution is 2.40. The Morgan fingerprint density at radius 1 is 1.19 bits per heavy atom. The average Bonchev–Trinajstić information content (AvgIpc) is 3.32. The molecule has 2 amide bonds. The van der Waals surface area contributed by atoms with E-state index in [0.717, 1.165) is 19.5 Å². The first kappa shape index (κ1) is 18.2. The number of hydrogen-bond donors (Lipinski definition) is 1. The van der Waals surface area contributed by atoms with Gasteiger partial charge in [-0.3, -0.25) is 9.59 Å². The van der Waals surface area contributed by atoms with E-state index in [1.54, 1.807) is 11.3 Å². The van der Waals surface area contributed by atoms with Crippen LogP contribution in [0.15, 0.2) is 30.3 Å². The van der Waals surface area contributed by atoms with Crippen molar-refractivity contribution in [3.05, 3.63) is 35.2 Å². The monoisotopic (exact) mass is 412 g/mol. The SMILES string of the molecule is O=C(NCC(F)(F)F)[C@@H]1CCCN1C(=O)c1cc2sc3ccccc3c2s1. The van der Waals surface area contributed by atoms with E-state index >= 15 is 0 Å². The number of fused-ring (bicyclic) bond motifs is 3. The van der Waals surface area contributed by atoms with E-state index in [9.17, 15) is 22.8 Å². The molecule has 1 aliphatic heterocycles. The number of alkyl halides is 3. The largest absolute Gasteiger partial charge is 0.405 e. The maximum absolute atomic E-state index is 12.9. The van der Waals surface area contributed by atoms with Gasteiger partial charge in [-0.05, 0) is 25.0 Å². The van der Waals surface area contributed by atoms with Crippen molar-refractivity contribution >= 4 is 54.0 Å². The summed E-state index contributed by atoms with van der Waals surface area (Å²) in [7, 11) is 0. The fourth-order valence-electron chi connectivity index (χ4n) is 3.33. The van der Waals surface area contributed by atoms with Crippen LogP contribution in [0.1, 0.15) is 22.5 Å². The van der Waals surface area contributed by atoms with Gasteiger partial charge in [0.2, 0.25) is 5.91 Å². The molecule has 0 spiro atoms. The van der Waals surface area contributed by atoms with Crippen LogP contribution in [0.2, 0.25) is 0 Å². The Morgan fingerprint density at radius 3 is 2.74 bits per heavy atom. The zero-order valence-electron chi connectivity index (χ0n) is 14.0. The summed E-state index contributed by atoms with van der Waals surface area (Å²) >= 11 is 2.96. The number of thiophene rings is 2. The lowest BCUT2D eigenvalue weighted by molar-refractivity contribution is -0.140. The van der Waals surface area contributed by atoms with Crippen molar-refractivity contribution in [3.63, 3.8) is 0 Å². The summed E-state index contributed by atoms with van der Waals surface area (Å²) in [6.45, 7) is -1.01. The van der Waals surface area contributed by atoms with Crippen LogP contribution >= 0.6 is 22.7 Å². The molecule has 3 heterocycles. The Morgan fingerprint density at radius 2 is 1.96 bits per heavy atom. The van der Waals surface area contributed by atoms with Crippen LogP contribution < -0.4 is 5.32 Å². The van der Waals surface area contributed by atoms with Crippen molar-refractivity contribution in [2.45, 2.75) is 25.1 Å². The lowest BCUT2D eigenvalue weighted by Crippen LogP contribution is -2.47. The Labute approximate surface area is 160 Å². The lowest BCUT2D eigenvalue weighted by Gasteiger charge is -2.23. The zero-order chi connectivity index (χ0) is 19.2. The van der Waals surface area contributed by atoms with Gasteiger partial charge in [-0.2, -0.15) is 13.2 Å². The molecule has 0 bridgehead atoms. The Hall–Kier alpha value is -2.13. The number of carbonyl (C=O) groups is 2. The molecule has 0 aliphatic carbocycles. The second-order valence-corrected chi connectivity index (χ2v) is 8.53. The summed E-state index contributed by atoms with van der Waals surface area (Å²) < 4.78 is 40.2. The Balaban J connectivity index is 1.56. The third-order valence-electron chi connectivity index (χ3n) is 4.54. The van der Waals surface area contributed by atoms with Gasteiger partial charge >= 0.3 is 6.18 Å². The van der Waals surface area contributed by atoms with Gasteiger partial charge in [0.05, 0.1) is 9.58 Å². The van der Waals surface area contributed by atoms with Crippen LogP contribution in [0.3, 0.4) is 0 Å². The summed E-state index contributed by atoms with van der Waals surface area (Å²) in [5.41, 5.74) is 0. The van der Waals surface area contributed by atoms with Crippen molar-refractivity contribution in [2.24, 2.45) is 0 Å². The van der Waals surface area contributed by atoms with Crippen LogP contribution in [0.4, 0.5) is 13.2 Å². The minimum absolute atomic E-state index is 0.294. The van der Waals surface area contributed by atoms with Gasteiger partial charge in [-0.25, -0.2) is 0 Å². The molecule has 0 saturated carbocycles. The summed E-state index contributed by atoms with van der Waals surface area (Å²) in [5, 5.41) is 2.98. The number of halogens is 3. The van der Waals surface area contributed by atoms with Gasteiger partial charge in [-0.15, -0.1) is 22.7 Å². The molecule has 1 atom stereocenters. The Kier molecular flexibility index (Phi) is 4.59. The van der Waals surface area contributed by atoms with Crippen LogP contribution in [-0.2, 0) is 4.79 Å². The summed E-state index contributed by atoms with van der Waals surface area (Å²) in [6.07, 6.45) is -3.50. The molecule has 3 aromatic rings. The molecule has 1 fully saturated rings. The van der Waals surface area contributed by atoms with Gasteiger partial charge in [0.1, 0.15) is 12.6 Å². The normalized spacial score (nSPS) is 17.7. The highest BCUT2D eigenvalue weighted by molar-refractivity contribution is 7.33. The highest BCUT2D eigenvalue weighted by atomic mass is 32.1. The maximum Gasteiger partial charge on any atom is 0.405 e. The molecule has 27 heavy (non-hydrogen) atoms. The van der Waals surface area contributed by atoms with Crippen LogP contribution in [-0.4, -0.2) is 42.0 Å². The standard InChI is InChI=1S/C18H15F3N2O2S2/c19-18(20,21)9-22-16(24)11-5-3-7-23(11)17(25)14-8-13-15(27-14)10-4-1-2-6-12(10)26-13/h1-2,4,6,8,11H,3,5,7,9H2,(H,22,24)/t11-/m0/s1. The van der Waals surface area contributed by atoms with Gasteiger partial charge in [-0.1, -0.05) is 18.2 Å². The number of benzene rings is 1. The van der Waals surface area contributed by atoms with E-state index in [2.05, 4.69) is 0 Å². The molecule has 0 radical (unpaired) electrons. The summed E-state index contributed by atoms with van der Waals surface area (Å²) in [5.74, 6) is -1.04. The fraction of sp³-hybridized carbons (Fsp3) is 0.333. The molecule has 9 heteroatoms. The van der Waals surface area contributed by atoms with E-state index in [1.165, 1.54) is 16.2 Å².